The van der Waals surface area contributed by atoms with E-state index in [1.807, 2.05) is 30.2 Å². The quantitative estimate of drug-likeness (QED) is 0.431. The third kappa shape index (κ3) is 5.88. The fourth-order valence-electron chi connectivity index (χ4n) is 8.41. The Morgan fingerprint density at radius 3 is 2.12 bits per heavy atom. The normalized spacial score (nSPS) is 24.8. The van der Waals surface area contributed by atoms with Crippen molar-refractivity contribution in [3.63, 3.8) is 0 Å². The van der Waals surface area contributed by atoms with Crippen LogP contribution in [0.1, 0.15) is 105 Å². The molecule has 7 nitrogen and oxygen atoms in total. The average Bonchev–Trinajstić information content (AvgIpc) is 3.44. The number of hydrogen-bond acceptors (Lipinski definition) is 4. The molecule has 224 valence electrons. The van der Waals surface area contributed by atoms with Crippen molar-refractivity contribution in [1.29, 1.82) is 0 Å². The topological polar surface area (TPSA) is 75.5 Å². The van der Waals surface area contributed by atoms with Gasteiger partial charge in [-0.25, -0.2) is 8.42 Å². The van der Waals surface area contributed by atoms with Crippen molar-refractivity contribution in [2.75, 3.05) is 26.2 Å². The summed E-state index contributed by atoms with van der Waals surface area (Å²) in [5.41, 5.74) is 3.19. The van der Waals surface area contributed by atoms with Gasteiger partial charge in [0.1, 0.15) is 0 Å². The molecule has 1 aliphatic carbocycles. The molecule has 8 heteroatoms. The Kier molecular flexibility index (Phi) is 8.60. The molecule has 3 aliphatic heterocycles. The molecule has 6 rings (SSSR count). The first-order valence-corrected chi connectivity index (χ1v) is 17.7. The molecule has 3 fully saturated rings. The molecular formula is C33H48N4O3S. The van der Waals surface area contributed by atoms with Gasteiger partial charge in [0.2, 0.25) is 10.0 Å². The Hall–Kier alpha value is -2.19. The second-order valence-electron chi connectivity index (χ2n) is 13.4. The maximum atomic E-state index is 13.6. The van der Waals surface area contributed by atoms with Gasteiger partial charge in [-0.15, -0.1) is 0 Å². The lowest BCUT2D eigenvalue weighted by Gasteiger charge is -2.50. The number of likely N-dealkylation sites (tertiary alicyclic amines) is 1. The summed E-state index contributed by atoms with van der Waals surface area (Å²) in [4.78, 5) is 16.1. The van der Waals surface area contributed by atoms with Gasteiger partial charge < -0.3 is 4.90 Å². The third-order valence-corrected chi connectivity index (χ3v) is 12.7. The zero-order valence-corrected chi connectivity index (χ0v) is 25.7. The Morgan fingerprint density at radius 2 is 1.46 bits per heavy atom. The van der Waals surface area contributed by atoms with E-state index in [-0.39, 0.29) is 11.3 Å². The minimum atomic E-state index is -3.48. The van der Waals surface area contributed by atoms with Crippen LogP contribution < -0.4 is 0 Å². The number of amides is 1. The van der Waals surface area contributed by atoms with Crippen LogP contribution in [0.15, 0.2) is 35.4 Å². The fourth-order valence-corrected chi connectivity index (χ4v) is 9.88. The molecule has 1 atom stereocenters. The summed E-state index contributed by atoms with van der Waals surface area (Å²) in [6.07, 6.45) is 18.1. The minimum absolute atomic E-state index is 0.161. The monoisotopic (exact) mass is 580 g/mol. The molecule has 0 radical (unpaired) electrons. The number of rotatable bonds is 4. The number of aryl methyl sites for hydroxylation is 1. The van der Waals surface area contributed by atoms with Gasteiger partial charge in [0.05, 0.1) is 22.3 Å². The highest BCUT2D eigenvalue weighted by atomic mass is 32.2. The molecule has 0 N–H and O–H groups in total. The third-order valence-electron chi connectivity index (χ3n) is 10.8. The smallest absolute Gasteiger partial charge is 0.257 e. The van der Waals surface area contributed by atoms with Crippen molar-refractivity contribution in [2.24, 2.45) is 17.3 Å². The number of aromatic nitrogens is 2. The lowest BCUT2D eigenvalue weighted by Crippen LogP contribution is -2.49. The predicted octanol–water partition coefficient (Wildman–Crippen LogP) is 6.21. The van der Waals surface area contributed by atoms with Gasteiger partial charge in [-0.2, -0.15) is 9.40 Å². The van der Waals surface area contributed by atoms with Crippen LogP contribution >= 0.6 is 0 Å². The van der Waals surface area contributed by atoms with E-state index in [0.29, 0.717) is 29.8 Å². The molecule has 1 saturated carbocycles. The van der Waals surface area contributed by atoms with Gasteiger partial charge in [0.25, 0.3) is 5.91 Å². The first-order chi connectivity index (χ1) is 19.9. The Bertz CT molecular complexity index is 1290. The second-order valence-corrected chi connectivity index (χ2v) is 15.3. The molecule has 1 aromatic carbocycles. The van der Waals surface area contributed by atoms with Crippen LogP contribution in [0.25, 0.3) is 0 Å². The maximum absolute atomic E-state index is 13.6. The molecule has 2 saturated heterocycles. The molecule has 1 spiro atoms. The zero-order valence-electron chi connectivity index (χ0n) is 24.9. The van der Waals surface area contributed by atoms with Crippen LogP contribution in [-0.2, 0) is 23.0 Å². The Morgan fingerprint density at radius 1 is 0.854 bits per heavy atom. The molecule has 1 amide bonds. The van der Waals surface area contributed by atoms with Gasteiger partial charge in [-0.3, -0.25) is 9.48 Å². The number of benzene rings is 1. The van der Waals surface area contributed by atoms with E-state index in [2.05, 4.69) is 4.68 Å². The summed E-state index contributed by atoms with van der Waals surface area (Å²) in [6, 6.07) is 7.25. The highest BCUT2D eigenvalue weighted by molar-refractivity contribution is 7.89. The number of fused-ring (bicyclic) bond motifs is 1. The summed E-state index contributed by atoms with van der Waals surface area (Å²) in [7, 11) is -3.48. The fraction of sp³-hybridized carbons (Fsp3) is 0.697. The van der Waals surface area contributed by atoms with Crippen molar-refractivity contribution in [2.45, 2.75) is 108 Å². The van der Waals surface area contributed by atoms with Gasteiger partial charge in [-0.1, -0.05) is 56.2 Å². The van der Waals surface area contributed by atoms with Gasteiger partial charge in [0, 0.05) is 32.7 Å². The molecule has 1 unspecified atom stereocenters. The summed E-state index contributed by atoms with van der Waals surface area (Å²) in [5, 5.41) is 4.84. The summed E-state index contributed by atoms with van der Waals surface area (Å²) < 4.78 is 30.8. The van der Waals surface area contributed by atoms with E-state index in [0.717, 1.165) is 68.6 Å². The van der Waals surface area contributed by atoms with Crippen LogP contribution in [0.4, 0.5) is 0 Å². The lowest BCUT2D eigenvalue weighted by atomic mass is 9.59. The number of carbonyl (C=O) groups is 1. The second kappa shape index (κ2) is 12.2. The molecular weight excluding hydrogens is 532 g/mol. The number of piperidine rings is 2. The van der Waals surface area contributed by atoms with Crippen molar-refractivity contribution in [3.8, 4) is 0 Å². The van der Waals surface area contributed by atoms with E-state index < -0.39 is 10.0 Å². The summed E-state index contributed by atoms with van der Waals surface area (Å²) in [5.74, 6) is 1.08. The minimum Gasteiger partial charge on any atom is -0.339 e. The lowest BCUT2D eigenvalue weighted by molar-refractivity contribution is 0.0103. The van der Waals surface area contributed by atoms with Crippen molar-refractivity contribution >= 4 is 15.9 Å². The average molecular weight is 581 g/mol. The number of nitrogens with zero attached hydrogens (tertiary/aromatic N) is 4. The van der Waals surface area contributed by atoms with E-state index >= 15 is 0 Å². The SMILES string of the molecule is Cc1ccc(S(=O)(=O)N2CCC(C3Cc4c(C(=O)N5CCCCC5)cnn4CC34CCCCCCCC4)CC2)cc1. The van der Waals surface area contributed by atoms with Gasteiger partial charge in [-0.05, 0) is 87.7 Å². The van der Waals surface area contributed by atoms with Crippen LogP contribution in [0, 0.1) is 24.2 Å². The van der Waals surface area contributed by atoms with E-state index in [9.17, 15) is 13.2 Å². The van der Waals surface area contributed by atoms with Gasteiger partial charge >= 0.3 is 0 Å². The Labute approximate surface area is 246 Å². The van der Waals surface area contributed by atoms with Crippen molar-refractivity contribution in [3.05, 3.63) is 47.3 Å². The Balaban J connectivity index is 1.26. The largest absolute Gasteiger partial charge is 0.339 e. The van der Waals surface area contributed by atoms with Crippen LogP contribution in [0.5, 0.6) is 0 Å². The van der Waals surface area contributed by atoms with Crippen molar-refractivity contribution in [1.82, 2.24) is 19.0 Å². The number of hydrogen-bond donors (Lipinski definition) is 0. The molecule has 1 aromatic heterocycles. The molecule has 41 heavy (non-hydrogen) atoms. The molecule has 0 bridgehead atoms. The summed E-state index contributed by atoms with van der Waals surface area (Å²) in [6.45, 7) is 5.74. The zero-order chi connectivity index (χ0) is 28.5. The van der Waals surface area contributed by atoms with Crippen LogP contribution in [0.3, 0.4) is 0 Å². The van der Waals surface area contributed by atoms with E-state index in [1.54, 1.807) is 16.4 Å². The predicted molar refractivity (Wildman–Crippen MR) is 161 cm³/mol. The van der Waals surface area contributed by atoms with E-state index in [4.69, 9.17) is 5.10 Å². The van der Waals surface area contributed by atoms with E-state index in [1.165, 1.54) is 57.8 Å². The van der Waals surface area contributed by atoms with Crippen LogP contribution in [0.2, 0.25) is 0 Å². The van der Waals surface area contributed by atoms with Gasteiger partial charge in [0.15, 0.2) is 0 Å². The standard InChI is InChI=1S/C33H48N4O3S/c1-26-11-13-28(14-12-26)41(39,40)36-21-15-27(16-22-36)30-23-31-29(32(38)35-19-9-6-10-20-35)24-34-37(31)25-33(30)17-7-4-2-3-5-8-18-33/h11-14,24,27,30H,2-10,15-23,25H2,1H3. The highest BCUT2D eigenvalue weighted by Gasteiger charge is 2.48. The summed E-state index contributed by atoms with van der Waals surface area (Å²) >= 11 is 0. The number of carbonyl (C=O) groups excluding carboxylic acids is 1. The first-order valence-electron chi connectivity index (χ1n) is 16.3. The first kappa shape index (κ1) is 28.9. The molecule has 4 heterocycles. The molecule has 2 aromatic rings. The molecule has 4 aliphatic rings. The van der Waals surface area contributed by atoms with Crippen LogP contribution in [-0.4, -0.2) is 59.5 Å². The highest BCUT2D eigenvalue weighted by Crippen LogP contribution is 2.51. The van der Waals surface area contributed by atoms with Crippen molar-refractivity contribution < 1.29 is 13.2 Å². The maximum Gasteiger partial charge on any atom is 0.257 e. The number of sulfonamides is 1.